The molecule has 0 radical (unpaired) electrons. The first-order valence-corrected chi connectivity index (χ1v) is 12.7. The van der Waals surface area contributed by atoms with E-state index in [1.807, 2.05) is 55.9 Å². The number of urea groups is 1. The first kappa shape index (κ1) is 29.2. The summed E-state index contributed by atoms with van der Waals surface area (Å²) in [6.45, 7) is 10.0. The Morgan fingerprint density at radius 1 is 1.18 bits per heavy atom. The number of hydrogen-bond donors (Lipinski definition) is 4. The van der Waals surface area contributed by atoms with Crippen LogP contribution in [0.25, 0.3) is 11.3 Å². The maximum Gasteiger partial charge on any atom is 0.338 e. The Kier molecular flexibility index (Phi) is 8.99. The van der Waals surface area contributed by atoms with Gasteiger partial charge in [-0.3, -0.25) is 10.0 Å². The molecule has 0 spiro atoms. The number of carbonyl (C=O) groups is 2. The van der Waals surface area contributed by atoms with Crippen molar-refractivity contribution in [3.05, 3.63) is 70.7 Å². The summed E-state index contributed by atoms with van der Waals surface area (Å²) in [4.78, 5) is 29.0. The van der Waals surface area contributed by atoms with E-state index in [0.29, 0.717) is 17.7 Å². The Hall–Kier alpha value is -4.36. The van der Waals surface area contributed by atoms with E-state index in [9.17, 15) is 14.9 Å². The smallest absolute Gasteiger partial charge is 0.338 e. The molecular weight excluding hydrogens is 496 g/mol. The highest BCUT2D eigenvalue weighted by Crippen LogP contribution is 2.34. The van der Waals surface area contributed by atoms with Gasteiger partial charge in [0.1, 0.15) is 17.6 Å². The number of aromatic nitrogens is 2. The van der Waals surface area contributed by atoms with Crippen molar-refractivity contribution in [1.29, 1.82) is 5.26 Å². The third-order valence-corrected chi connectivity index (χ3v) is 6.25. The van der Waals surface area contributed by atoms with E-state index in [1.54, 1.807) is 11.5 Å². The molecule has 3 aromatic rings. The van der Waals surface area contributed by atoms with Gasteiger partial charge in [-0.1, -0.05) is 45.0 Å². The summed E-state index contributed by atoms with van der Waals surface area (Å²) in [5, 5.41) is 21.6. The summed E-state index contributed by atoms with van der Waals surface area (Å²) >= 11 is 0. The maximum absolute atomic E-state index is 12.4. The summed E-state index contributed by atoms with van der Waals surface area (Å²) in [6.07, 6.45) is 2.15. The molecule has 0 aliphatic heterocycles. The minimum Gasteiger partial charge on any atom is -0.490 e. The lowest BCUT2D eigenvalue weighted by molar-refractivity contribution is 0.0998. The van der Waals surface area contributed by atoms with Crippen molar-refractivity contribution < 1.29 is 19.5 Å². The lowest BCUT2D eigenvalue weighted by Crippen LogP contribution is -2.37. The minimum atomic E-state index is -0.811. The van der Waals surface area contributed by atoms with Crippen LogP contribution in [0.1, 0.15) is 73.4 Å². The largest absolute Gasteiger partial charge is 0.490 e. The fraction of sp³-hybridized carbons (Fsp3) is 0.379. The lowest BCUT2D eigenvalue weighted by Gasteiger charge is -2.23. The predicted molar refractivity (Wildman–Crippen MR) is 148 cm³/mol. The van der Waals surface area contributed by atoms with Crippen molar-refractivity contribution in [2.24, 2.45) is 12.8 Å². The second kappa shape index (κ2) is 12.0. The first-order chi connectivity index (χ1) is 18.3. The molecule has 3 rings (SSSR count). The highest BCUT2D eigenvalue weighted by molar-refractivity contribution is 5.95. The van der Waals surface area contributed by atoms with E-state index < -0.39 is 17.9 Å². The van der Waals surface area contributed by atoms with Crippen LogP contribution in [-0.2, 0) is 18.9 Å². The van der Waals surface area contributed by atoms with Crippen molar-refractivity contribution in [2.75, 3.05) is 6.54 Å². The fourth-order valence-electron chi connectivity index (χ4n) is 4.64. The van der Waals surface area contributed by atoms with Crippen molar-refractivity contribution >= 4 is 11.9 Å². The Bertz CT molecular complexity index is 1380. The average Bonchev–Trinajstić information content (AvgIpc) is 3.28. The summed E-state index contributed by atoms with van der Waals surface area (Å²) in [5.41, 5.74) is 10.6. The number of rotatable bonds is 9. The number of benzene rings is 2. The van der Waals surface area contributed by atoms with Gasteiger partial charge in [-0.05, 0) is 43.5 Å². The Morgan fingerprint density at radius 2 is 1.85 bits per heavy atom. The van der Waals surface area contributed by atoms with Crippen LogP contribution < -0.4 is 21.3 Å². The van der Waals surface area contributed by atoms with Gasteiger partial charge in [0.05, 0.1) is 17.4 Å². The summed E-state index contributed by atoms with van der Waals surface area (Å²) in [5.74, 6) is 0.0587. The number of primary amides is 1. The predicted octanol–water partition coefficient (Wildman–Crippen LogP) is 4.16. The number of imidazole rings is 1. The molecule has 206 valence electrons. The number of aryl methyl sites for hydroxylation is 1. The van der Waals surface area contributed by atoms with Crippen LogP contribution in [-0.4, -0.2) is 39.3 Å². The van der Waals surface area contributed by atoms with Crippen molar-refractivity contribution in [3.63, 3.8) is 0 Å². The van der Waals surface area contributed by atoms with Crippen LogP contribution in [0, 0.1) is 11.3 Å². The second-order valence-electron chi connectivity index (χ2n) is 10.8. The molecule has 0 fully saturated rings. The van der Waals surface area contributed by atoms with Crippen LogP contribution in [0.15, 0.2) is 42.6 Å². The minimum absolute atomic E-state index is 0.0173. The third kappa shape index (κ3) is 6.94. The van der Waals surface area contributed by atoms with Gasteiger partial charge in [-0.25, -0.2) is 15.3 Å². The molecule has 1 aromatic heterocycles. The van der Waals surface area contributed by atoms with Gasteiger partial charge in [-0.2, -0.15) is 5.26 Å². The molecule has 1 atom stereocenters. The second-order valence-corrected chi connectivity index (χ2v) is 10.8. The van der Waals surface area contributed by atoms with E-state index >= 15 is 0 Å². The molecule has 10 heteroatoms. The number of carbonyl (C=O) groups excluding carboxylic acids is 2. The van der Waals surface area contributed by atoms with Crippen molar-refractivity contribution in [3.8, 4) is 23.1 Å². The molecule has 5 N–H and O–H groups in total. The molecule has 2 aromatic carbocycles. The van der Waals surface area contributed by atoms with Gasteiger partial charge in [-0.15, -0.1) is 0 Å². The van der Waals surface area contributed by atoms with Crippen LogP contribution in [0.2, 0.25) is 0 Å². The Morgan fingerprint density at radius 3 is 2.36 bits per heavy atom. The molecule has 0 bridgehead atoms. The van der Waals surface area contributed by atoms with Crippen LogP contribution >= 0.6 is 0 Å². The zero-order valence-electron chi connectivity index (χ0n) is 23.2. The van der Waals surface area contributed by atoms with Gasteiger partial charge in [0, 0.05) is 42.2 Å². The van der Waals surface area contributed by atoms with Gasteiger partial charge in [0.15, 0.2) is 0 Å². The zero-order valence-corrected chi connectivity index (χ0v) is 23.2. The molecule has 0 saturated heterocycles. The normalized spacial score (nSPS) is 12.1. The number of nitrogens with one attached hydrogen (secondary N) is 2. The van der Waals surface area contributed by atoms with E-state index in [4.69, 9.17) is 20.7 Å². The topological polar surface area (TPSA) is 155 Å². The summed E-state index contributed by atoms with van der Waals surface area (Å²) in [6, 6.07) is 12.3. The average molecular weight is 533 g/mol. The third-order valence-electron chi connectivity index (χ3n) is 6.25. The number of amides is 3. The number of hydrogen-bond acceptors (Lipinski definition) is 6. The molecule has 1 heterocycles. The summed E-state index contributed by atoms with van der Waals surface area (Å²) in [7, 11) is 1.98. The van der Waals surface area contributed by atoms with Gasteiger partial charge >= 0.3 is 6.03 Å². The fourth-order valence-corrected chi connectivity index (χ4v) is 4.64. The van der Waals surface area contributed by atoms with Crippen LogP contribution in [0.3, 0.4) is 0 Å². The van der Waals surface area contributed by atoms with Gasteiger partial charge < -0.3 is 20.4 Å². The Labute approximate surface area is 228 Å². The molecule has 3 amide bonds. The standard InChI is InChI=1S/C29H36N6O4/c1-17(2)39-24-12-11-21(26(31)36)25(22(24)14-30)20(15-32-28(37)34-38)13-18-7-9-19(10-8-18)23-16-35(6)27(33-23)29(3,4)5/h7-12,16-17,20,38H,13,15H2,1-6H3,(H2,31,36)(H2,32,34,37). The first-order valence-electron chi connectivity index (χ1n) is 12.7. The zero-order chi connectivity index (χ0) is 28.9. The molecule has 10 nitrogen and oxygen atoms in total. The quantitative estimate of drug-likeness (QED) is 0.240. The van der Waals surface area contributed by atoms with Gasteiger partial charge in [0.25, 0.3) is 0 Å². The van der Waals surface area contributed by atoms with Crippen LogP contribution in [0.4, 0.5) is 4.79 Å². The number of nitriles is 1. The maximum atomic E-state index is 12.4. The van der Waals surface area contributed by atoms with Gasteiger partial charge in [0.2, 0.25) is 5.91 Å². The van der Waals surface area contributed by atoms with E-state index in [-0.39, 0.29) is 29.2 Å². The molecule has 0 saturated carbocycles. The van der Waals surface area contributed by atoms with E-state index in [0.717, 1.165) is 22.6 Å². The highest BCUT2D eigenvalue weighted by atomic mass is 16.5. The summed E-state index contributed by atoms with van der Waals surface area (Å²) < 4.78 is 7.86. The van der Waals surface area contributed by atoms with Crippen molar-refractivity contribution in [1.82, 2.24) is 20.3 Å². The highest BCUT2D eigenvalue weighted by Gasteiger charge is 2.26. The van der Waals surface area contributed by atoms with E-state index in [1.165, 1.54) is 6.07 Å². The molecule has 39 heavy (non-hydrogen) atoms. The number of ether oxygens (including phenoxy) is 1. The Balaban J connectivity index is 2.03. The van der Waals surface area contributed by atoms with Crippen LogP contribution in [0.5, 0.6) is 5.75 Å². The number of hydroxylamine groups is 1. The molecule has 0 aliphatic rings. The van der Waals surface area contributed by atoms with E-state index in [2.05, 4.69) is 32.2 Å². The molecular formula is C29H36N6O4. The number of nitrogens with zero attached hydrogens (tertiary/aromatic N) is 3. The number of nitrogens with two attached hydrogens (primary N) is 1. The lowest BCUT2D eigenvalue weighted by atomic mass is 9.84. The molecule has 1 unspecified atom stereocenters. The monoisotopic (exact) mass is 532 g/mol. The SMILES string of the molecule is CC(C)Oc1ccc(C(N)=O)c(C(CNC(=O)NO)Cc2ccc(-c3cn(C)c(C(C)(C)C)n3)cc2)c1C#N. The molecule has 0 aliphatic carbocycles. The van der Waals surface area contributed by atoms with Crippen molar-refractivity contribution in [2.45, 2.75) is 58.5 Å².